The van der Waals surface area contributed by atoms with Gasteiger partial charge in [-0.1, -0.05) is 6.07 Å². The van der Waals surface area contributed by atoms with Crippen LogP contribution >= 0.6 is 0 Å². The molecule has 0 radical (unpaired) electrons. The van der Waals surface area contributed by atoms with Gasteiger partial charge in [0.15, 0.2) is 0 Å². The van der Waals surface area contributed by atoms with E-state index >= 15 is 0 Å². The number of methoxy groups -OCH3 is 1. The Balaban J connectivity index is 2.12. The maximum atomic E-state index is 5.09. The topological polar surface area (TPSA) is 52.0 Å². The van der Waals surface area contributed by atoms with Crippen LogP contribution in [0.2, 0.25) is 0 Å². The van der Waals surface area contributed by atoms with Crippen molar-refractivity contribution in [1.29, 1.82) is 0 Å². The quantitative estimate of drug-likeness (QED) is 0.852. The van der Waals surface area contributed by atoms with Gasteiger partial charge in [-0.05, 0) is 25.1 Å². The summed E-state index contributed by atoms with van der Waals surface area (Å²) in [6.45, 7) is 2.76. The van der Waals surface area contributed by atoms with E-state index in [1.54, 1.807) is 19.8 Å². The molecule has 90 valence electrons. The largest absolute Gasteiger partial charge is 0.383 e. The first kappa shape index (κ1) is 11.6. The monoisotopic (exact) mass is 232 g/mol. The van der Waals surface area contributed by atoms with Gasteiger partial charge in [0.25, 0.3) is 0 Å². The summed E-state index contributed by atoms with van der Waals surface area (Å²) in [4.78, 5) is 0. The molecular formula is C12H16N4O. The maximum Gasteiger partial charge on any atom is 0.123 e. The van der Waals surface area contributed by atoms with Crippen molar-refractivity contribution in [2.45, 2.75) is 13.0 Å². The molecule has 1 N–H and O–H groups in total. The van der Waals surface area contributed by atoms with Gasteiger partial charge in [0.1, 0.15) is 12.7 Å². The number of nitrogens with zero attached hydrogens (tertiary/aromatic N) is 3. The van der Waals surface area contributed by atoms with E-state index in [0.717, 1.165) is 11.4 Å². The summed E-state index contributed by atoms with van der Waals surface area (Å²) in [6.07, 6.45) is 3.36. The molecule has 1 unspecified atom stereocenters. The molecule has 0 aliphatic heterocycles. The normalized spacial score (nSPS) is 12.4. The Kier molecular flexibility index (Phi) is 3.72. The summed E-state index contributed by atoms with van der Waals surface area (Å²) in [7, 11) is 1.70. The first-order valence-electron chi connectivity index (χ1n) is 5.50. The van der Waals surface area contributed by atoms with Gasteiger partial charge in [0.2, 0.25) is 0 Å². The molecule has 0 aliphatic rings. The third kappa shape index (κ3) is 3.04. The zero-order valence-corrected chi connectivity index (χ0v) is 10.00. The molecule has 0 aliphatic carbocycles. The van der Waals surface area contributed by atoms with Crippen LogP contribution in [0.15, 0.2) is 36.9 Å². The van der Waals surface area contributed by atoms with Crippen molar-refractivity contribution in [3.8, 4) is 5.69 Å². The molecule has 0 fully saturated rings. The smallest absolute Gasteiger partial charge is 0.123 e. The third-order valence-electron chi connectivity index (χ3n) is 2.39. The number of anilines is 1. The van der Waals surface area contributed by atoms with Crippen molar-refractivity contribution in [3.63, 3.8) is 0 Å². The van der Waals surface area contributed by atoms with Crippen LogP contribution in [0.4, 0.5) is 5.69 Å². The van der Waals surface area contributed by atoms with Gasteiger partial charge in [0, 0.05) is 18.8 Å². The van der Waals surface area contributed by atoms with Crippen molar-refractivity contribution in [2.75, 3.05) is 19.0 Å². The molecular weight excluding hydrogens is 216 g/mol. The second-order valence-electron chi connectivity index (χ2n) is 3.92. The lowest BCUT2D eigenvalue weighted by Crippen LogP contribution is -2.20. The van der Waals surface area contributed by atoms with Gasteiger partial charge in [-0.15, -0.1) is 10.2 Å². The van der Waals surface area contributed by atoms with Crippen molar-refractivity contribution < 1.29 is 4.74 Å². The van der Waals surface area contributed by atoms with E-state index < -0.39 is 0 Å². The van der Waals surface area contributed by atoms with Gasteiger partial charge in [-0.25, -0.2) is 0 Å². The highest BCUT2D eigenvalue weighted by Gasteiger charge is 2.02. The fourth-order valence-electron chi connectivity index (χ4n) is 1.67. The van der Waals surface area contributed by atoms with Gasteiger partial charge >= 0.3 is 0 Å². The number of hydrogen-bond acceptors (Lipinski definition) is 4. The number of benzene rings is 1. The Morgan fingerprint density at radius 2 is 2.12 bits per heavy atom. The van der Waals surface area contributed by atoms with E-state index in [1.165, 1.54) is 0 Å². The number of aromatic nitrogens is 3. The van der Waals surface area contributed by atoms with Gasteiger partial charge in [-0.2, -0.15) is 0 Å². The third-order valence-corrected chi connectivity index (χ3v) is 2.39. The molecule has 5 nitrogen and oxygen atoms in total. The Morgan fingerprint density at radius 1 is 1.35 bits per heavy atom. The Bertz CT molecular complexity index is 455. The lowest BCUT2D eigenvalue weighted by molar-refractivity contribution is 0.190. The molecule has 0 spiro atoms. The average molecular weight is 232 g/mol. The van der Waals surface area contributed by atoms with Crippen LogP contribution < -0.4 is 5.32 Å². The van der Waals surface area contributed by atoms with Crippen LogP contribution in [0.1, 0.15) is 6.92 Å². The zero-order chi connectivity index (χ0) is 12.1. The van der Waals surface area contributed by atoms with Gasteiger partial charge in [-0.3, -0.25) is 4.57 Å². The second kappa shape index (κ2) is 5.45. The lowest BCUT2D eigenvalue weighted by atomic mass is 10.2. The van der Waals surface area contributed by atoms with Crippen LogP contribution in [-0.2, 0) is 4.74 Å². The summed E-state index contributed by atoms with van der Waals surface area (Å²) in [5.74, 6) is 0. The molecule has 0 saturated carbocycles. The molecule has 1 aromatic carbocycles. The number of ether oxygens (including phenoxy) is 1. The Hall–Kier alpha value is -1.88. The fraction of sp³-hybridized carbons (Fsp3) is 0.333. The SMILES string of the molecule is COCC(C)Nc1cccc(-n2cnnc2)c1. The maximum absolute atomic E-state index is 5.09. The van der Waals surface area contributed by atoms with E-state index in [9.17, 15) is 0 Å². The van der Waals surface area contributed by atoms with Crippen LogP contribution in [0.25, 0.3) is 5.69 Å². The van der Waals surface area contributed by atoms with E-state index in [1.807, 2.05) is 22.8 Å². The highest BCUT2D eigenvalue weighted by Crippen LogP contribution is 2.14. The predicted molar refractivity (Wildman–Crippen MR) is 66.3 cm³/mol. The van der Waals surface area contributed by atoms with Crippen LogP contribution in [0.5, 0.6) is 0 Å². The first-order chi connectivity index (χ1) is 8.29. The van der Waals surface area contributed by atoms with Crippen molar-refractivity contribution >= 4 is 5.69 Å². The van der Waals surface area contributed by atoms with Crippen molar-refractivity contribution in [2.24, 2.45) is 0 Å². The van der Waals surface area contributed by atoms with Crippen LogP contribution in [0.3, 0.4) is 0 Å². The molecule has 17 heavy (non-hydrogen) atoms. The molecule has 1 aromatic heterocycles. The number of hydrogen-bond donors (Lipinski definition) is 1. The Labute approximate surface area is 100 Å². The highest BCUT2D eigenvalue weighted by molar-refractivity contribution is 5.51. The van der Waals surface area contributed by atoms with Crippen LogP contribution in [-0.4, -0.2) is 34.5 Å². The molecule has 0 saturated heterocycles. The van der Waals surface area contributed by atoms with Crippen molar-refractivity contribution in [1.82, 2.24) is 14.8 Å². The summed E-state index contributed by atoms with van der Waals surface area (Å²) >= 11 is 0. The molecule has 2 aromatic rings. The van der Waals surface area contributed by atoms with Gasteiger partial charge < -0.3 is 10.1 Å². The fourth-order valence-corrected chi connectivity index (χ4v) is 1.67. The minimum Gasteiger partial charge on any atom is -0.383 e. The minimum absolute atomic E-state index is 0.274. The molecule has 0 amide bonds. The first-order valence-corrected chi connectivity index (χ1v) is 5.50. The van der Waals surface area contributed by atoms with E-state index in [0.29, 0.717) is 6.61 Å². The minimum atomic E-state index is 0.274. The van der Waals surface area contributed by atoms with E-state index in [-0.39, 0.29) is 6.04 Å². The van der Waals surface area contributed by atoms with Gasteiger partial charge in [0.05, 0.1) is 12.3 Å². The lowest BCUT2D eigenvalue weighted by Gasteiger charge is -2.14. The molecule has 5 heteroatoms. The van der Waals surface area contributed by atoms with E-state index in [4.69, 9.17) is 4.74 Å². The zero-order valence-electron chi connectivity index (χ0n) is 10.00. The number of nitrogens with one attached hydrogen (secondary N) is 1. The highest BCUT2D eigenvalue weighted by atomic mass is 16.5. The predicted octanol–water partition coefficient (Wildman–Crippen LogP) is 1.71. The second-order valence-corrected chi connectivity index (χ2v) is 3.92. The van der Waals surface area contributed by atoms with Crippen molar-refractivity contribution in [3.05, 3.63) is 36.9 Å². The molecule has 0 bridgehead atoms. The summed E-state index contributed by atoms with van der Waals surface area (Å²) < 4.78 is 6.96. The average Bonchev–Trinajstić information content (AvgIpc) is 2.83. The molecule has 1 atom stereocenters. The summed E-state index contributed by atoms with van der Waals surface area (Å²) in [6, 6.07) is 8.36. The summed E-state index contributed by atoms with van der Waals surface area (Å²) in [5.41, 5.74) is 2.09. The van der Waals surface area contributed by atoms with E-state index in [2.05, 4.69) is 28.5 Å². The number of rotatable bonds is 5. The molecule has 1 heterocycles. The summed E-state index contributed by atoms with van der Waals surface area (Å²) in [5, 5.41) is 10.9. The van der Waals surface area contributed by atoms with Crippen LogP contribution in [0, 0.1) is 0 Å². The Morgan fingerprint density at radius 3 is 2.82 bits per heavy atom. The molecule has 2 rings (SSSR count). The standard InChI is InChI=1S/C12H16N4O/c1-10(7-17-2)15-11-4-3-5-12(6-11)16-8-13-14-9-16/h3-6,8-10,15H,7H2,1-2H3.